The summed E-state index contributed by atoms with van der Waals surface area (Å²) in [4.78, 5) is 13.2. The van der Waals surface area contributed by atoms with Gasteiger partial charge in [-0.05, 0) is 54.8 Å². The largest absolute Gasteiger partial charge is 0.435 e. The molecule has 0 atom stereocenters. The van der Waals surface area contributed by atoms with Gasteiger partial charge in [-0.15, -0.1) is 22.0 Å². The number of aromatic nitrogens is 3. The molecule has 3 N–H and O–H groups in total. The van der Waals surface area contributed by atoms with E-state index in [1.807, 2.05) is 30.5 Å². The topological polar surface area (TPSA) is 95.1 Å². The number of alkyl halides is 2. The van der Waals surface area contributed by atoms with Crippen LogP contribution in [-0.2, 0) is 4.79 Å². The number of hydrogen-bond acceptors (Lipinski definition) is 7. The number of carbonyl (C=O) groups excluding carboxylic acids is 1. The number of thioether (sulfide) groups is 2. The van der Waals surface area contributed by atoms with Gasteiger partial charge < -0.3 is 15.9 Å². The molecule has 0 radical (unpaired) electrons. The number of hydrogen-bond donors (Lipinski definition) is 2. The summed E-state index contributed by atoms with van der Waals surface area (Å²) in [5.74, 6) is 6.27. The number of nitrogen functional groups attached to an aromatic ring is 1. The summed E-state index contributed by atoms with van der Waals surface area (Å²) in [5, 5.41) is 11.1. The normalized spacial score (nSPS) is 10.9. The maximum atomic E-state index is 12.2. The van der Waals surface area contributed by atoms with E-state index in [1.165, 1.54) is 16.8 Å². The molecule has 0 aliphatic heterocycles. The van der Waals surface area contributed by atoms with Crippen molar-refractivity contribution in [2.45, 2.75) is 16.7 Å². The van der Waals surface area contributed by atoms with E-state index < -0.39 is 6.61 Å². The molecule has 1 aromatic heterocycles. The van der Waals surface area contributed by atoms with Gasteiger partial charge in [0.1, 0.15) is 5.75 Å². The highest BCUT2D eigenvalue weighted by Gasteiger charge is 2.14. The van der Waals surface area contributed by atoms with E-state index >= 15 is 0 Å². The average Bonchev–Trinajstić information content (AvgIpc) is 3.07. The Bertz CT molecular complexity index is 965. The number of ether oxygens (including phenoxy) is 1. The minimum Gasteiger partial charge on any atom is -0.435 e. The number of amides is 1. The van der Waals surface area contributed by atoms with Crippen molar-refractivity contribution in [1.29, 1.82) is 0 Å². The zero-order valence-corrected chi connectivity index (χ0v) is 16.8. The lowest BCUT2D eigenvalue weighted by molar-refractivity contribution is -0.113. The molecule has 0 fully saturated rings. The van der Waals surface area contributed by atoms with Gasteiger partial charge in [0.05, 0.1) is 5.75 Å². The molecule has 1 amide bonds. The third kappa shape index (κ3) is 5.61. The van der Waals surface area contributed by atoms with Crippen LogP contribution in [0.25, 0.3) is 11.4 Å². The van der Waals surface area contributed by atoms with Gasteiger partial charge in [0.15, 0.2) is 5.82 Å². The van der Waals surface area contributed by atoms with E-state index in [4.69, 9.17) is 5.84 Å². The summed E-state index contributed by atoms with van der Waals surface area (Å²) >= 11 is 2.75. The highest BCUT2D eigenvalue weighted by atomic mass is 32.2. The van der Waals surface area contributed by atoms with Crippen LogP contribution in [0.1, 0.15) is 0 Å². The smallest absolute Gasteiger partial charge is 0.387 e. The lowest BCUT2D eigenvalue weighted by Gasteiger charge is -2.07. The minimum absolute atomic E-state index is 0.0312. The molecular weight excluding hydrogens is 420 g/mol. The Hall–Kier alpha value is -2.79. The molecule has 29 heavy (non-hydrogen) atoms. The summed E-state index contributed by atoms with van der Waals surface area (Å²) in [5.41, 5.74) is 1.28. The highest BCUT2D eigenvalue weighted by molar-refractivity contribution is 7.99. The molecule has 1 heterocycles. The summed E-state index contributed by atoms with van der Waals surface area (Å²) in [6, 6.07) is 13.4. The Morgan fingerprint density at radius 1 is 1.17 bits per heavy atom. The van der Waals surface area contributed by atoms with Gasteiger partial charge >= 0.3 is 6.61 Å². The van der Waals surface area contributed by atoms with Crippen molar-refractivity contribution in [3.63, 3.8) is 0 Å². The van der Waals surface area contributed by atoms with E-state index in [0.717, 1.165) is 16.7 Å². The van der Waals surface area contributed by atoms with Crippen molar-refractivity contribution in [2.24, 2.45) is 0 Å². The molecular formula is C18H17F2N5O2S2. The number of halogens is 2. The predicted octanol–water partition coefficient (Wildman–Crippen LogP) is 3.71. The highest BCUT2D eigenvalue weighted by Crippen LogP contribution is 2.24. The number of anilines is 1. The number of benzene rings is 2. The number of nitrogens with zero attached hydrogens (tertiary/aromatic N) is 3. The van der Waals surface area contributed by atoms with E-state index in [-0.39, 0.29) is 17.4 Å². The maximum absolute atomic E-state index is 12.2. The first kappa shape index (κ1) is 20.9. The third-order valence-electron chi connectivity index (χ3n) is 3.71. The number of rotatable bonds is 8. The Morgan fingerprint density at radius 3 is 2.48 bits per heavy atom. The predicted molar refractivity (Wildman–Crippen MR) is 110 cm³/mol. The zero-order chi connectivity index (χ0) is 20.8. The van der Waals surface area contributed by atoms with Crippen LogP contribution in [0.2, 0.25) is 0 Å². The monoisotopic (exact) mass is 437 g/mol. The summed E-state index contributed by atoms with van der Waals surface area (Å²) in [6.07, 6.45) is 1.98. The van der Waals surface area contributed by atoms with Crippen LogP contribution in [0.5, 0.6) is 5.75 Å². The van der Waals surface area contributed by atoms with Crippen LogP contribution in [0.15, 0.2) is 58.6 Å². The fraction of sp³-hybridized carbons (Fsp3) is 0.167. The van der Waals surface area contributed by atoms with Gasteiger partial charge in [-0.1, -0.05) is 11.8 Å². The first-order valence-corrected chi connectivity index (χ1v) is 10.5. The maximum Gasteiger partial charge on any atom is 0.387 e. The lowest BCUT2D eigenvalue weighted by atomic mass is 10.2. The Labute approximate surface area is 174 Å². The molecule has 2 aromatic carbocycles. The van der Waals surface area contributed by atoms with Gasteiger partial charge in [0.2, 0.25) is 11.1 Å². The molecule has 0 spiro atoms. The summed E-state index contributed by atoms with van der Waals surface area (Å²) in [6.45, 7) is -2.89. The summed E-state index contributed by atoms with van der Waals surface area (Å²) < 4.78 is 30.0. The molecule has 0 aliphatic carbocycles. The van der Waals surface area contributed by atoms with E-state index in [2.05, 4.69) is 20.3 Å². The second-order valence-corrected chi connectivity index (χ2v) is 7.47. The molecule has 3 aromatic rings. The Balaban J connectivity index is 1.59. The average molecular weight is 437 g/mol. The first-order chi connectivity index (χ1) is 14.0. The van der Waals surface area contributed by atoms with Crippen molar-refractivity contribution in [1.82, 2.24) is 14.9 Å². The molecule has 11 heteroatoms. The van der Waals surface area contributed by atoms with Gasteiger partial charge in [0.25, 0.3) is 0 Å². The number of carbonyl (C=O) groups is 1. The van der Waals surface area contributed by atoms with Crippen LogP contribution in [-0.4, -0.2) is 39.4 Å². The molecule has 0 aliphatic rings. The van der Waals surface area contributed by atoms with Gasteiger partial charge in [0, 0.05) is 16.1 Å². The SMILES string of the molecule is CSc1ccc(NC(=O)CSc2nnc(-c3ccc(OC(F)F)cc3)n2N)cc1. The van der Waals surface area contributed by atoms with Crippen LogP contribution in [0.3, 0.4) is 0 Å². The first-order valence-electron chi connectivity index (χ1n) is 8.28. The van der Waals surface area contributed by atoms with Crippen molar-refractivity contribution in [2.75, 3.05) is 23.2 Å². The fourth-order valence-electron chi connectivity index (χ4n) is 2.36. The molecule has 0 unspecified atom stereocenters. The standard InChI is InChI=1S/C18H17F2N5O2S2/c1-28-14-8-4-12(5-9-14)22-15(26)10-29-18-24-23-16(25(18)21)11-2-6-13(7-3-11)27-17(19)20/h2-9,17H,10,21H2,1H3,(H,22,26). The number of nitrogens with one attached hydrogen (secondary N) is 1. The molecule has 3 rings (SSSR count). The van der Waals surface area contributed by atoms with E-state index in [0.29, 0.717) is 22.2 Å². The molecule has 0 bridgehead atoms. The molecule has 0 saturated carbocycles. The summed E-state index contributed by atoms with van der Waals surface area (Å²) in [7, 11) is 0. The van der Waals surface area contributed by atoms with Crippen molar-refractivity contribution in [3.05, 3.63) is 48.5 Å². The van der Waals surface area contributed by atoms with E-state index in [9.17, 15) is 13.6 Å². The van der Waals surface area contributed by atoms with Gasteiger partial charge in [-0.2, -0.15) is 8.78 Å². The zero-order valence-electron chi connectivity index (χ0n) is 15.2. The lowest BCUT2D eigenvalue weighted by Crippen LogP contribution is -2.16. The van der Waals surface area contributed by atoms with Crippen LogP contribution in [0.4, 0.5) is 14.5 Å². The van der Waals surface area contributed by atoms with E-state index in [1.54, 1.807) is 23.9 Å². The Kier molecular flexibility index (Phi) is 6.94. The van der Waals surface area contributed by atoms with Gasteiger partial charge in [-0.25, -0.2) is 4.68 Å². The third-order valence-corrected chi connectivity index (χ3v) is 5.40. The fourth-order valence-corrected chi connectivity index (χ4v) is 3.42. The van der Waals surface area contributed by atoms with Crippen LogP contribution >= 0.6 is 23.5 Å². The second-order valence-electron chi connectivity index (χ2n) is 5.64. The Morgan fingerprint density at radius 2 is 1.86 bits per heavy atom. The van der Waals surface area contributed by atoms with Crippen molar-refractivity contribution < 1.29 is 18.3 Å². The van der Waals surface area contributed by atoms with Gasteiger partial charge in [-0.3, -0.25) is 4.79 Å². The number of nitrogens with two attached hydrogens (primary N) is 1. The second kappa shape index (κ2) is 9.61. The van der Waals surface area contributed by atoms with Crippen molar-refractivity contribution in [3.8, 4) is 17.1 Å². The quantitative estimate of drug-likeness (QED) is 0.410. The molecule has 7 nitrogen and oxygen atoms in total. The van der Waals surface area contributed by atoms with Crippen molar-refractivity contribution >= 4 is 35.1 Å². The molecule has 152 valence electrons. The van der Waals surface area contributed by atoms with Crippen LogP contribution in [0, 0.1) is 0 Å². The molecule has 0 saturated heterocycles. The minimum atomic E-state index is -2.89. The van der Waals surface area contributed by atoms with Crippen LogP contribution < -0.4 is 15.9 Å².